The maximum atomic E-state index is 5.95. The van der Waals surface area contributed by atoms with E-state index in [1.54, 1.807) is 6.33 Å². The number of nitrogens with one attached hydrogen (secondary N) is 2. The third kappa shape index (κ3) is 5.03. The Morgan fingerprint density at radius 3 is 2.58 bits per heavy atom. The van der Waals surface area contributed by atoms with E-state index in [0.717, 1.165) is 11.6 Å². The normalized spacial score (nSPS) is 17.2. The lowest BCUT2D eigenvalue weighted by Gasteiger charge is -2.23. The van der Waals surface area contributed by atoms with Crippen molar-refractivity contribution in [2.45, 2.75) is 57.5 Å². The van der Waals surface area contributed by atoms with Gasteiger partial charge in [-0.15, -0.1) is 0 Å². The van der Waals surface area contributed by atoms with E-state index in [1.807, 2.05) is 19.9 Å². The number of rotatable bonds is 5. The monoisotopic (exact) mass is 263 g/mol. The van der Waals surface area contributed by atoms with Gasteiger partial charge in [0.05, 0.1) is 0 Å². The van der Waals surface area contributed by atoms with Crippen molar-refractivity contribution in [1.29, 1.82) is 0 Å². The van der Waals surface area contributed by atoms with E-state index in [1.165, 1.54) is 32.1 Å². The lowest BCUT2D eigenvalue weighted by Crippen LogP contribution is -2.39. The van der Waals surface area contributed by atoms with Crippen LogP contribution in [0.1, 0.15) is 46.0 Å². The highest BCUT2D eigenvalue weighted by Gasteiger charge is 2.14. The topological polar surface area (TPSA) is 75.9 Å². The Bertz CT molecular complexity index is 393. The van der Waals surface area contributed by atoms with Crippen LogP contribution in [0.5, 0.6) is 0 Å². The van der Waals surface area contributed by atoms with Crippen molar-refractivity contribution in [3.8, 4) is 0 Å². The van der Waals surface area contributed by atoms with Crippen molar-refractivity contribution in [2.24, 2.45) is 5.73 Å². The molecular formula is C14H25N5. The summed E-state index contributed by atoms with van der Waals surface area (Å²) in [6.07, 6.45) is 8.06. The Labute approximate surface area is 115 Å². The van der Waals surface area contributed by atoms with Crippen molar-refractivity contribution < 1.29 is 0 Å². The zero-order chi connectivity index (χ0) is 13.7. The van der Waals surface area contributed by atoms with Gasteiger partial charge in [-0.2, -0.15) is 0 Å². The average molecular weight is 263 g/mol. The number of hydrogen-bond acceptors (Lipinski definition) is 5. The fourth-order valence-corrected chi connectivity index (χ4v) is 2.31. The highest BCUT2D eigenvalue weighted by molar-refractivity contribution is 5.47. The molecule has 2 rings (SSSR count). The van der Waals surface area contributed by atoms with E-state index in [-0.39, 0.29) is 5.54 Å². The third-order valence-electron chi connectivity index (χ3n) is 3.35. The Hall–Kier alpha value is -1.36. The van der Waals surface area contributed by atoms with E-state index >= 15 is 0 Å². The molecule has 19 heavy (non-hydrogen) atoms. The van der Waals surface area contributed by atoms with Gasteiger partial charge in [0.25, 0.3) is 0 Å². The number of hydrogen-bond donors (Lipinski definition) is 3. The van der Waals surface area contributed by atoms with Crippen molar-refractivity contribution in [1.82, 2.24) is 9.97 Å². The average Bonchev–Trinajstić information content (AvgIpc) is 2.37. The third-order valence-corrected chi connectivity index (χ3v) is 3.35. The van der Waals surface area contributed by atoms with Gasteiger partial charge in [0.1, 0.15) is 18.0 Å². The Morgan fingerprint density at radius 1 is 1.21 bits per heavy atom. The maximum Gasteiger partial charge on any atom is 0.131 e. The van der Waals surface area contributed by atoms with Gasteiger partial charge >= 0.3 is 0 Å². The quantitative estimate of drug-likeness (QED) is 0.760. The van der Waals surface area contributed by atoms with Crippen LogP contribution in [0.3, 0.4) is 0 Å². The first-order valence-corrected chi connectivity index (χ1v) is 7.14. The van der Waals surface area contributed by atoms with Gasteiger partial charge in [-0.05, 0) is 26.7 Å². The molecule has 5 nitrogen and oxygen atoms in total. The molecule has 1 aromatic rings. The molecule has 1 aromatic heterocycles. The standard InChI is InChI=1S/C14H25N5/c1-14(2,15)9-16-12-8-13(18-10-17-12)19-11-6-4-3-5-7-11/h8,10-11H,3-7,9,15H2,1-2H3,(H2,16,17,18,19). The van der Waals surface area contributed by atoms with E-state index in [4.69, 9.17) is 5.73 Å². The number of anilines is 2. The van der Waals surface area contributed by atoms with Crippen LogP contribution in [0.25, 0.3) is 0 Å². The second kappa shape index (κ2) is 6.19. The first kappa shape index (κ1) is 14.1. The molecule has 0 aliphatic heterocycles. The van der Waals surface area contributed by atoms with Crippen LogP contribution in [0.2, 0.25) is 0 Å². The van der Waals surface area contributed by atoms with Crippen LogP contribution >= 0.6 is 0 Å². The molecular weight excluding hydrogens is 238 g/mol. The first-order valence-electron chi connectivity index (χ1n) is 7.14. The van der Waals surface area contributed by atoms with Crippen LogP contribution in [0, 0.1) is 0 Å². The molecule has 5 heteroatoms. The number of nitrogens with two attached hydrogens (primary N) is 1. The van der Waals surface area contributed by atoms with Crippen LogP contribution in [-0.4, -0.2) is 28.1 Å². The van der Waals surface area contributed by atoms with Crippen LogP contribution in [0.15, 0.2) is 12.4 Å². The van der Waals surface area contributed by atoms with Crippen molar-refractivity contribution in [2.75, 3.05) is 17.2 Å². The SMILES string of the molecule is CC(C)(N)CNc1cc(NC2CCCCC2)ncn1. The minimum Gasteiger partial charge on any atom is -0.368 e. The van der Waals surface area contributed by atoms with Crippen LogP contribution < -0.4 is 16.4 Å². The number of aromatic nitrogens is 2. The minimum absolute atomic E-state index is 0.248. The van der Waals surface area contributed by atoms with Crippen molar-refractivity contribution >= 4 is 11.6 Å². The Balaban J connectivity index is 1.90. The summed E-state index contributed by atoms with van der Waals surface area (Å²) in [7, 11) is 0. The molecule has 0 unspecified atom stereocenters. The number of nitrogens with zero attached hydrogens (tertiary/aromatic N) is 2. The lowest BCUT2D eigenvalue weighted by atomic mass is 9.95. The Kier molecular flexibility index (Phi) is 4.58. The summed E-state index contributed by atoms with van der Waals surface area (Å²) in [5, 5.41) is 6.74. The van der Waals surface area contributed by atoms with E-state index < -0.39 is 0 Å². The predicted octanol–water partition coefficient (Wildman–Crippen LogP) is 2.37. The van der Waals surface area contributed by atoms with Gasteiger partial charge < -0.3 is 16.4 Å². The fourth-order valence-electron chi connectivity index (χ4n) is 2.31. The zero-order valence-corrected chi connectivity index (χ0v) is 11.9. The summed E-state index contributed by atoms with van der Waals surface area (Å²) in [5.41, 5.74) is 5.70. The van der Waals surface area contributed by atoms with Gasteiger partial charge in [-0.25, -0.2) is 9.97 Å². The predicted molar refractivity (Wildman–Crippen MR) is 79.3 cm³/mol. The molecule has 0 radical (unpaired) electrons. The molecule has 0 saturated heterocycles. The van der Waals surface area contributed by atoms with Gasteiger partial charge in [0, 0.05) is 24.2 Å². The minimum atomic E-state index is -0.248. The molecule has 0 bridgehead atoms. The van der Waals surface area contributed by atoms with E-state index in [2.05, 4.69) is 20.6 Å². The van der Waals surface area contributed by atoms with Crippen LogP contribution in [0.4, 0.5) is 11.6 Å². The van der Waals surface area contributed by atoms with Gasteiger partial charge in [-0.3, -0.25) is 0 Å². The maximum absolute atomic E-state index is 5.95. The molecule has 1 aliphatic carbocycles. The lowest BCUT2D eigenvalue weighted by molar-refractivity contribution is 0.462. The summed E-state index contributed by atoms with van der Waals surface area (Å²) in [6, 6.07) is 2.52. The molecule has 0 atom stereocenters. The highest BCUT2D eigenvalue weighted by atomic mass is 15.1. The van der Waals surface area contributed by atoms with Crippen molar-refractivity contribution in [3.63, 3.8) is 0 Å². The molecule has 106 valence electrons. The second-order valence-corrected chi connectivity index (χ2v) is 6.11. The summed E-state index contributed by atoms with van der Waals surface area (Å²) in [6.45, 7) is 4.66. The van der Waals surface area contributed by atoms with Gasteiger partial charge in [-0.1, -0.05) is 19.3 Å². The molecule has 0 aromatic carbocycles. The van der Waals surface area contributed by atoms with Gasteiger partial charge in [0.15, 0.2) is 0 Å². The highest BCUT2D eigenvalue weighted by Crippen LogP contribution is 2.21. The first-order chi connectivity index (χ1) is 9.03. The molecule has 0 amide bonds. The fraction of sp³-hybridized carbons (Fsp3) is 0.714. The summed E-state index contributed by atoms with van der Waals surface area (Å²) < 4.78 is 0. The molecule has 1 fully saturated rings. The Morgan fingerprint density at radius 2 is 1.89 bits per heavy atom. The van der Waals surface area contributed by atoms with Crippen LogP contribution in [-0.2, 0) is 0 Å². The summed E-state index contributed by atoms with van der Waals surface area (Å²) >= 11 is 0. The molecule has 1 heterocycles. The van der Waals surface area contributed by atoms with Gasteiger partial charge in [0.2, 0.25) is 0 Å². The second-order valence-electron chi connectivity index (χ2n) is 6.11. The molecule has 4 N–H and O–H groups in total. The molecule has 1 saturated carbocycles. The molecule has 0 spiro atoms. The van der Waals surface area contributed by atoms with E-state index in [9.17, 15) is 0 Å². The smallest absolute Gasteiger partial charge is 0.131 e. The van der Waals surface area contributed by atoms with E-state index in [0.29, 0.717) is 12.6 Å². The summed E-state index contributed by atoms with van der Waals surface area (Å²) in [4.78, 5) is 8.50. The van der Waals surface area contributed by atoms with Crippen molar-refractivity contribution in [3.05, 3.63) is 12.4 Å². The summed E-state index contributed by atoms with van der Waals surface area (Å²) in [5.74, 6) is 1.73. The largest absolute Gasteiger partial charge is 0.368 e. The zero-order valence-electron chi connectivity index (χ0n) is 11.9. The molecule has 1 aliphatic rings.